The van der Waals surface area contributed by atoms with E-state index in [1.165, 1.54) is 0 Å². The molecule has 0 heterocycles. The Hall–Kier alpha value is -1.55. The van der Waals surface area contributed by atoms with E-state index in [1.54, 1.807) is 13.8 Å². The normalized spacial score (nSPS) is 11.7. The molecule has 104 valence electrons. The third-order valence-electron chi connectivity index (χ3n) is 2.47. The molecule has 0 atom stereocenters. The van der Waals surface area contributed by atoms with Gasteiger partial charge < -0.3 is 9.94 Å². The Balaban J connectivity index is 2.44. The summed E-state index contributed by atoms with van der Waals surface area (Å²) in [4.78, 5) is 11.5. The molecule has 0 spiro atoms. The van der Waals surface area contributed by atoms with Gasteiger partial charge in [0.2, 0.25) is 0 Å². The highest BCUT2D eigenvalue weighted by Gasteiger charge is 2.15. The number of oxime groups is 1. The van der Waals surface area contributed by atoms with Crippen LogP contribution < -0.4 is 0 Å². The molecule has 0 radical (unpaired) electrons. The number of nitrogens with zero attached hydrogens (tertiary/aromatic N) is 1. The summed E-state index contributed by atoms with van der Waals surface area (Å²) in [7, 11) is 0. The van der Waals surface area contributed by atoms with Crippen molar-refractivity contribution < 1.29 is 14.7 Å². The first kappa shape index (κ1) is 15.5. The van der Waals surface area contributed by atoms with E-state index in [9.17, 15) is 4.79 Å². The highest BCUT2D eigenvalue weighted by molar-refractivity contribution is 6.36. The maximum absolute atomic E-state index is 11.5. The van der Waals surface area contributed by atoms with Crippen LogP contribution in [0.5, 0.6) is 0 Å². The molecule has 1 aromatic rings. The number of halogens is 1. The Morgan fingerprint density at radius 2 is 2.21 bits per heavy atom. The van der Waals surface area contributed by atoms with Crippen molar-refractivity contribution >= 4 is 23.3 Å². The smallest absolute Gasteiger partial charge is 0.356 e. The minimum Gasteiger partial charge on any atom is -0.458 e. The summed E-state index contributed by atoms with van der Waals surface area (Å²) in [5.41, 5.74) is 1.14. The topological polar surface area (TPSA) is 58.9 Å². The first-order valence-electron chi connectivity index (χ1n) is 6.19. The zero-order valence-electron chi connectivity index (χ0n) is 11.1. The molecular weight excluding hydrogens is 266 g/mol. The second-order valence-electron chi connectivity index (χ2n) is 4.48. The van der Waals surface area contributed by atoms with Gasteiger partial charge in [-0.1, -0.05) is 28.9 Å². The molecule has 0 aromatic heterocycles. The summed E-state index contributed by atoms with van der Waals surface area (Å²) in [6.07, 6.45) is 1.59. The van der Waals surface area contributed by atoms with Crippen molar-refractivity contribution in [2.24, 2.45) is 5.16 Å². The number of benzene rings is 1. The molecule has 4 nitrogen and oxygen atoms in total. The number of carbonyl (C=O) groups excluding carboxylic acids is 1. The Morgan fingerprint density at radius 3 is 2.79 bits per heavy atom. The standard InChI is InChI=1S/C14H18ClNO3/c1-10(2)19-14(17)13(16-18)8-4-6-11-5-3-7-12(15)9-11/h3,5,7,9-10,18H,4,6,8H2,1-2H3. The summed E-state index contributed by atoms with van der Waals surface area (Å²) in [6, 6.07) is 7.54. The number of hydrogen-bond donors (Lipinski definition) is 1. The van der Waals surface area contributed by atoms with Crippen molar-refractivity contribution in [1.82, 2.24) is 0 Å². The van der Waals surface area contributed by atoms with Crippen LogP contribution in [0.1, 0.15) is 32.3 Å². The van der Waals surface area contributed by atoms with E-state index >= 15 is 0 Å². The fourth-order valence-corrected chi connectivity index (χ4v) is 1.84. The maximum atomic E-state index is 11.5. The summed E-state index contributed by atoms with van der Waals surface area (Å²) < 4.78 is 4.97. The summed E-state index contributed by atoms with van der Waals surface area (Å²) in [5.74, 6) is -0.566. The van der Waals surface area contributed by atoms with Crippen LogP contribution in [-0.4, -0.2) is 23.0 Å². The zero-order valence-corrected chi connectivity index (χ0v) is 11.9. The van der Waals surface area contributed by atoms with Crippen LogP contribution in [0.3, 0.4) is 0 Å². The monoisotopic (exact) mass is 283 g/mol. The third kappa shape index (κ3) is 5.75. The van der Waals surface area contributed by atoms with Crippen LogP contribution in [0.2, 0.25) is 5.02 Å². The molecule has 0 unspecified atom stereocenters. The molecule has 1 aromatic carbocycles. The Labute approximate surface area is 118 Å². The Kier molecular flexibility index (Phi) is 6.36. The van der Waals surface area contributed by atoms with E-state index < -0.39 is 5.97 Å². The van der Waals surface area contributed by atoms with Crippen molar-refractivity contribution in [2.75, 3.05) is 0 Å². The van der Waals surface area contributed by atoms with E-state index in [0.29, 0.717) is 17.9 Å². The van der Waals surface area contributed by atoms with Crippen molar-refractivity contribution in [3.05, 3.63) is 34.9 Å². The van der Waals surface area contributed by atoms with Crippen LogP contribution in [0.25, 0.3) is 0 Å². The number of aryl methyl sites for hydroxylation is 1. The van der Waals surface area contributed by atoms with Crippen LogP contribution in [0.4, 0.5) is 0 Å². The number of esters is 1. The van der Waals surface area contributed by atoms with E-state index in [2.05, 4.69) is 5.16 Å². The average Bonchev–Trinajstić information content (AvgIpc) is 2.33. The molecule has 0 aliphatic carbocycles. The van der Waals surface area contributed by atoms with Gasteiger partial charge in [-0.2, -0.15) is 0 Å². The van der Waals surface area contributed by atoms with E-state index in [-0.39, 0.29) is 11.8 Å². The van der Waals surface area contributed by atoms with Crippen LogP contribution in [0, 0.1) is 0 Å². The molecule has 0 saturated carbocycles. The molecular formula is C14H18ClNO3. The lowest BCUT2D eigenvalue weighted by atomic mass is 10.1. The van der Waals surface area contributed by atoms with Gasteiger partial charge in [-0.3, -0.25) is 0 Å². The van der Waals surface area contributed by atoms with Crippen LogP contribution in [-0.2, 0) is 16.0 Å². The summed E-state index contributed by atoms with van der Waals surface area (Å²) in [6.45, 7) is 3.50. The average molecular weight is 284 g/mol. The van der Waals surface area contributed by atoms with E-state index in [1.807, 2.05) is 24.3 Å². The van der Waals surface area contributed by atoms with Crippen molar-refractivity contribution in [3.63, 3.8) is 0 Å². The van der Waals surface area contributed by atoms with Crippen LogP contribution in [0.15, 0.2) is 29.4 Å². The van der Waals surface area contributed by atoms with Gasteiger partial charge in [0.05, 0.1) is 6.10 Å². The lowest BCUT2D eigenvalue weighted by molar-refractivity contribution is -0.139. The number of hydrogen-bond acceptors (Lipinski definition) is 4. The van der Waals surface area contributed by atoms with Gasteiger partial charge >= 0.3 is 5.97 Å². The van der Waals surface area contributed by atoms with Gasteiger partial charge in [0.25, 0.3) is 0 Å². The molecule has 5 heteroatoms. The first-order chi connectivity index (χ1) is 9.02. The third-order valence-corrected chi connectivity index (χ3v) is 2.70. The van der Waals surface area contributed by atoms with Gasteiger partial charge in [0.15, 0.2) is 5.71 Å². The Morgan fingerprint density at radius 1 is 1.47 bits per heavy atom. The van der Waals surface area contributed by atoms with Crippen molar-refractivity contribution in [2.45, 2.75) is 39.2 Å². The fourth-order valence-electron chi connectivity index (χ4n) is 1.63. The number of rotatable bonds is 6. The van der Waals surface area contributed by atoms with E-state index in [0.717, 1.165) is 12.0 Å². The molecule has 1 N–H and O–H groups in total. The number of carbonyl (C=O) groups is 1. The van der Waals surface area contributed by atoms with Gasteiger partial charge in [-0.05, 0) is 44.4 Å². The maximum Gasteiger partial charge on any atom is 0.356 e. The van der Waals surface area contributed by atoms with Crippen molar-refractivity contribution in [3.8, 4) is 0 Å². The largest absolute Gasteiger partial charge is 0.458 e. The van der Waals surface area contributed by atoms with E-state index in [4.69, 9.17) is 21.5 Å². The SMILES string of the molecule is CC(C)OC(=O)C(CCCc1cccc(Cl)c1)=NO. The second-order valence-corrected chi connectivity index (χ2v) is 4.92. The molecule has 1 rings (SSSR count). The fraction of sp³-hybridized carbons (Fsp3) is 0.429. The predicted molar refractivity (Wildman–Crippen MR) is 74.8 cm³/mol. The molecule has 0 bridgehead atoms. The highest BCUT2D eigenvalue weighted by atomic mass is 35.5. The molecule has 0 fully saturated rings. The lowest BCUT2D eigenvalue weighted by Crippen LogP contribution is -2.21. The molecule has 0 aliphatic rings. The van der Waals surface area contributed by atoms with Gasteiger partial charge in [0.1, 0.15) is 0 Å². The summed E-state index contributed by atoms with van der Waals surface area (Å²) in [5, 5.41) is 12.5. The van der Waals surface area contributed by atoms with Gasteiger partial charge in [-0.15, -0.1) is 0 Å². The highest BCUT2D eigenvalue weighted by Crippen LogP contribution is 2.13. The Bertz CT molecular complexity index is 458. The van der Waals surface area contributed by atoms with Crippen LogP contribution >= 0.6 is 11.6 Å². The summed E-state index contributed by atoms with van der Waals surface area (Å²) >= 11 is 5.88. The predicted octanol–water partition coefficient (Wildman–Crippen LogP) is 3.44. The minimum atomic E-state index is -0.566. The second kappa shape index (κ2) is 7.79. The minimum absolute atomic E-state index is 0.0516. The molecule has 0 aliphatic heterocycles. The molecule has 0 amide bonds. The van der Waals surface area contributed by atoms with Crippen molar-refractivity contribution in [1.29, 1.82) is 0 Å². The molecule has 0 saturated heterocycles. The van der Waals surface area contributed by atoms with Gasteiger partial charge in [0, 0.05) is 11.4 Å². The molecule has 19 heavy (non-hydrogen) atoms. The zero-order chi connectivity index (χ0) is 14.3. The number of ether oxygens (including phenoxy) is 1. The first-order valence-corrected chi connectivity index (χ1v) is 6.57. The quantitative estimate of drug-likeness (QED) is 0.376. The van der Waals surface area contributed by atoms with Gasteiger partial charge in [-0.25, -0.2) is 4.79 Å². The lowest BCUT2D eigenvalue weighted by Gasteiger charge is -2.08.